The summed E-state index contributed by atoms with van der Waals surface area (Å²) < 4.78 is 13.7. The Morgan fingerprint density at radius 2 is 1.92 bits per heavy atom. The first-order chi connectivity index (χ1) is 11.7. The molecular weight excluding hydrogens is 309 g/mol. The van der Waals surface area contributed by atoms with Crippen molar-refractivity contribution in [1.82, 2.24) is 20.2 Å². The molecule has 0 aliphatic carbocycles. The standard InChI is InChI=1S/C17H16FN5O/c1-2-12-7-9-13(10-8-12)19-16(24)11-23-21-17(20-22-23)14-5-3-4-6-15(14)18/h3-10H,2,11H2,1H3,(H,19,24). The number of rotatable bonds is 5. The number of aryl methyl sites for hydroxylation is 1. The maximum absolute atomic E-state index is 13.7. The number of benzene rings is 2. The molecule has 0 aliphatic heterocycles. The van der Waals surface area contributed by atoms with Crippen LogP contribution >= 0.6 is 0 Å². The van der Waals surface area contributed by atoms with Crippen LogP contribution in [0, 0.1) is 5.82 Å². The quantitative estimate of drug-likeness (QED) is 0.783. The van der Waals surface area contributed by atoms with Gasteiger partial charge in [0.1, 0.15) is 12.4 Å². The van der Waals surface area contributed by atoms with Crippen molar-refractivity contribution >= 4 is 11.6 Å². The molecule has 0 saturated heterocycles. The van der Waals surface area contributed by atoms with Crippen molar-refractivity contribution in [3.8, 4) is 11.4 Å². The Labute approximate surface area is 138 Å². The molecule has 3 rings (SSSR count). The molecule has 1 N–H and O–H groups in total. The number of nitrogens with one attached hydrogen (secondary N) is 1. The summed E-state index contributed by atoms with van der Waals surface area (Å²) in [5.74, 6) is -0.567. The van der Waals surface area contributed by atoms with Crippen molar-refractivity contribution in [1.29, 1.82) is 0 Å². The predicted octanol–water partition coefficient (Wildman–Crippen LogP) is 2.68. The minimum Gasteiger partial charge on any atom is -0.324 e. The molecule has 1 heterocycles. The average Bonchev–Trinajstić information content (AvgIpc) is 3.04. The Hall–Kier alpha value is -3.09. The average molecular weight is 325 g/mol. The lowest BCUT2D eigenvalue weighted by Gasteiger charge is -2.05. The molecule has 0 radical (unpaired) electrons. The van der Waals surface area contributed by atoms with Crippen molar-refractivity contribution in [2.75, 3.05) is 5.32 Å². The van der Waals surface area contributed by atoms with Crippen molar-refractivity contribution in [2.24, 2.45) is 0 Å². The second kappa shape index (κ2) is 6.99. The molecule has 2 aromatic carbocycles. The van der Waals surface area contributed by atoms with E-state index in [1.165, 1.54) is 11.6 Å². The van der Waals surface area contributed by atoms with Gasteiger partial charge in [-0.25, -0.2) is 4.39 Å². The summed E-state index contributed by atoms with van der Waals surface area (Å²) in [5, 5.41) is 14.4. The predicted molar refractivity (Wildman–Crippen MR) is 87.7 cm³/mol. The summed E-state index contributed by atoms with van der Waals surface area (Å²) in [4.78, 5) is 13.2. The van der Waals surface area contributed by atoms with Crippen molar-refractivity contribution in [3.63, 3.8) is 0 Å². The van der Waals surface area contributed by atoms with Crippen molar-refractivity contribution in [2.45, 2.75) is 19.9 Å². The molecule has 0 atom stereocenters. The molecule has 3 aromatic rings. The number of amides is 1. The summed E-state index contributed by atoms with van der Waals surface area (Å²) in [7, 11) is 0. The van der Waals surface area contributed by atoms with Crippen LogP contribution in [0.1, 0.15) is 12.5 Å². The van der Waals surface area contributed by atoms with Gasteiger partial charge in [-0.15, -0.1) is 10.2 Å². The van der Waals surface area contributed by atoms with Crippen LogP contribution < -0.4 is 5.32 Å². The van der Waals surface area contributed by atoms with Gasteiger partial charge in [-0.2, -0.15) is 4.80 Å². The third-order valence-electron chi connectivity index (χ3n) is 3.50. The van der Waals surface area contributed by atoms with Gasteiger partial charge in [0, 0.05) is 5.69 Å². The Kier molecular flexibility index (Phi) is 4.60. The molecule has 0 aliphatic rings. The molecule has 0 bridgehead atoms. The molecule has 122 valence electrons. The lowest BCUT2D eigenvalue weighted by molar-refractivity contribution is -0.117. The maximum Gasteiger partial charge on any atom is 0.248 e. The van der Waals surface area contributed by atoms with Crippen LogP contribution in [0.5, 0.6) is 0 Å². The zero-order valence-corrected chi connectivity index (χ0v) is 13.1. The lowest BCUT2D eigenvalue weighted by Crippen LogP contribution is -2.20. The summed E-state index contributed by atoms with van der Waals surface area (Å²) in [6.45, 7) is 1.97. The number of nitrogens with zero attached hydrogens (tertiary/aromatic N) is 4. The molecular formula is C17H16FN5O. The highest BCUT2D eigenvalue weighted by molar-refractivity contribution is 5.90. The molecule has 0 unspecified atom stereocenters. The van der Waals surface area contributed by atoms with Crippen molar-refractivity contribution < 1.29 is 9.18 Å². The third-order valence-corrected chi connectivity index (χ3v) is 3.50. The van der Waals surface area contributed by atoms with Crippen LogP contribution in [-0.2, 0) is 17.8 Å². The van der Waals surface area contributed by atoms with Crippen LogP contribution in [-0.4, -0.2) is 26.1 Å². The van der Waals surface area contributed by atoms with Gasteiger partial charge in [0.05, 0.1) is 5.56 Å². The summed E-state index contributed by atoms with van der Waals surface area (Å²) in [6.07, 6.45) is 0.940. The van der Waals surface area contributed by atoms with Crippen LogP contribution in [0.4, 0.5) is 10.1 Å². The topological polar surface area (TPSA) is 72.7 Å². The number of carbonyl (C=O) groups is 1. The van der Waals surface area contributed by atoms with Crippen LogP contribution in [0.3, 0.4) is 0 Å². The monoisotopic (exact) mass is 325 g/mol. The van der Waals surface area contributed by atoms with E-state index in [2.05, 4.69) is 27.7 Å². The molecule has 1 aromatic heterocycles. The van der Waals surface area contributed by atoms with Gasteiger partial charge in [0.25, 0.3) is 0 Å². The number of carbonyl (C=O) groups excluding carboxylic acids is 1. The van der Waals surface area contributed by atoms with Crippen LogP contribution in [0.15, 0.2) is 48.5 Å². The van der Waals surface area contributed by atoms with Gasteiger partial charge in [0.15, 0.2) is 0 Å². The fraction of sp³-hybridized carbons (Fsp3) is 0.176. The smallest absolute Gasteiger partial charge is 0.248 e. The van der Waals surface area contributed by atoms with E-state index in [0.717, 1.165) is 11.2 Å². The van der Waals surface area contributed by atoms with E-state index in [0.29, 0.717) is 5.69 Å². The summed E-state index contributed by atoms with van der Waals surface area (Å²) in [6, 6.07) is 13.8. The van der Waals surface area contributed by atoms with E-state index >= 15 is 0 Å². The van der Waals surface area contributed by atoms with E-state index < -0.39 is 5.82 Å². The highest BCUT2D eigenvalue weighted by Gasteiger charge is 2.12. The highest BCUT2D eigenvalue weighted by Crippen LogP contribution is 2.17. The molecule has 24 heavy (non-hydrogen) atoms. The second-order valence-corrected chi connectivity index (χ2v) is 5.22. The molecule has 0 saturated carbocycles. The number of aromatic nitrogens is 4. The number of hydrogen-bond donors (Lipinski definition) is 1. The van der Waals surface area contributed by atoms with Gasteiger partial charge < -0.3 is 5.32 Å². The van der Waals surface area contributed by atoms with Gasteiger partial charge in [0.2, 0.25) is 11.7 Å². The maximum atomic E-state index is 13.7. The Morgan fingerprint density at radius 1 is 1.17 bits per heavy atom. The molecule has 0 spiro atoms. The van der Waals surface area contributed by atoms with E-state index in [9.17, 15) is 9.18 Å². The Bertz CT molecular complexity index is 844. The van der Waals surface area contributed by atoms with Crippen LogP contribution in [0.25, 0.3) is 11.4 Å². The van der Waals surface area contributed by atoms with E-state index in [1.54, 1.807) is 18.2 Å². The number of tetrazole rings is 1. The Morgan fingerprint density at radius 3 is 2.62 bits per heavy atom. The minimum absolute atomic E-state index is 0.100. The van der Waals surface area contributed by atoms with Crippen molar-refractivity contribution in [3.05, 3.63) is 59.9 Å². The van der Waals surface area contributed by atoms with Gasteiger partial charge in [-0.1, -0.05) is 31.2 Å². The largest absolute Gasteiger partial charge is 0.324 e. The summed E-state index contributed by atoms with van der Waals surface area (Å²) >= 11 is 0. The first kappa shape index (κ1) is 15.8. The van der Waals surface area contributed by atoms with E-state index in [-0.39, 0.29) is 23.8 Å². The van der Waals surface area contributed by atoms with Crippen LogP contribution in [0.2, 0.25) is 0 Å². The number of anilines is 1. The number of halogens is 1. The van der Waals surface area contributed by atoms with Gasteiger partial charge in [-0.3, -0.25) is 4.79 Å². The third kappa shape index (κ3) is 3.62. The van der Waals surface area contributed by atoms with E-state index in [4.69, 9.17) is 0 Å². The summed E-state index contributed by atoms with van der Waals surface area (Å²) in [5.41, 5.74) is 2.14. The normalized spacial score (nSPS) is 10.6. The Balaban J connectivity index is 1.66. The molecule has 1 amide bonds. The highest BCUT2D eigenvalue weighted by atomic mass is 19.1. The zero-order chi connectivity index (χ0) is 16.9. The SMILES string of the molecule is CCc1ccc(NC(=O)Cn2nnc(-c3ccccc3F)n2)cc1. The van der Waals surface area contributed by atoms with E-state index in [1.807, 2.05) is 24.3 Å². The fourth-order valence-corrected chi connectivity index (χ4v) is 2.21. The minimum atomic E-state index is -0.433. The lowest BCUT2D eigenvalue weighted by atomic mass is 10.1. The number of hydrogen-bond acceptors (Lipinski definition) is 4. The fourth-order valence-electron chi connectivity index (χ4n) is 2.21. The zero-order valence-electron chi connectivity index (χ0n) is 13.1. The molecule has 0 fully saturated rings. The molecule has 6 nitrogen and oxygen atoms in total. The van der Waals surface area contributed by atoms with Gasteiger partial charge >= 0.3 is 0 Å². The first-order valence-corrected chi connectivity index (χ1v) is 7.57. The van der Waals surface area contributed by atoms with Gasteiger partial charge in [-0.05, 0) is 41.5 Å². The molecule has 7 heteroatoms. The first-order valence-electron chi connectivity index (χ1n) is 7.57. The second-order valence-electron chi connectivity index (χ2n) is 5.22.